The third kappa shape index (κ3) is 34.3. The number of carbonyl (C=O) groups is 8. The van der Waals surface area contributed by atoms with Gasteiger partial charge in [0.05, 0.1) is 36.5 Å². The van der Waals surface area contributed by atoms with Gasteiger partial charge in [0, 0.05) is 25.7 Å². The Bertz CT molecular complexity index is 3120. The van der Waals surface area contributed by atoms with Gasteiger partial charge in [-0.2, -0.15) is 0 Å². The Morgan fingerprint density at radius 2 is 0.567 bits per heavy atom. The first-order valence-corrected chi connectivity index (χ1v) is 33.3. The van der Waals surface area contributed by atoms with Crippen molar-refractivity contribution >= 4 is 58.6 Å². The van der Waals surface area contributed by atoms with E-state index < -0.39 is 93.5 Å². The number of phenols is 7. The number of aromatic hydroxyl groups is 7. The highest BCUT2D eigenvalue weighted by atomic mass is 35.5. The largest absolute Gasteiger partial charge is 0.504 e. The van der Waals surface area contributed by atoms with Gasteiger partial charge in [0.15, 0.2) is 51.7 Å². The number of benzene rings is 4. The minimum absolute atomic E-state index is 0.0255. The van der Waals surface area contributed by atoms with Crippen LogP contribution >= 0.6 is 11.6 Å². The van der Waals surface area contributed by atoms with Gasteiger partial charge in [-0.15, -0.1) is 26.3 Å². The van der Waals surface area contributed by atoms with Crippen LogP contribution in [-0.2, 0) is 28.7 Å². The fourth-order valence-electron chi connectivity index (χ4n) is 9.37. The lowest BCUT2D eigenvalue weighted by atomic mass is 10.1. The molecule has 0 bridgehead atoms. The minimum Gasteiger partial charge on any atom is -0.504 e. The monoisotopic (exact) mass is 1370 g/mol. The molecule has 0 aliphatic rings. The smallest absolute Gasteiger partial charge is 0.343 e. The molecule has 532 valence electrons. The summed E-state index contributed by atoms with van der Waals surface area (Å²) < 4.78 is 36.6. The van der Waals surface area contributed by atoms with Crippen LogP contribution in [0.15, 0.2) is 99.2 Å². The first-order chi connectivity index (χ1) is 46.5. The number of hydrogen-bond acceptors (Lipinski definition) is 22. The van der Waals surface area contributed by atoms with Crippen LogP contribution in [0.3, 0.4) is 0 Å². The second kappa shape index (κ2) is 49.2. The molecule has 0 spiro atoms. The first-order valence-electron chi connectivity index (χ1n) is 33.0. The van der Waals surface area contributed by atoms with Crippen LogP contribution in [0.4, 0.5) is 0 Å². The average Bonchev–Trinajstić information content (AvgIpc) is 0.815. The number of hydrogen-bond donors (Lipinski definition) is 7. The van der Waals surface area contributed by atoms with Crippen molar-refractivity contribution in [1.82, 2.24) is 0 Å². The molecule has 0 aromatic heterocycles. The quantitative estimate of drug-likeness (QED) is 0.00540. The summed E-state index contributed by atoms with van der Waals surface area (Å²) in [5.74, 6) is -13.7. The second-order valence-corrected chi connectivity index (χ2v) is 23.1. The molecular weight excluding hydrogens is 1280 g/mol. The van der Waals surface area contributed by atoms with Crippen LogP contribution in [0.1, 0.15) is 247 Å². The zero-order valence-electron chi connectivity index (χ0n) is 56.0. The molecule has 0 saturated heterocycles. The molecule has 7 N–H and O–H groups in total. The van der Waals surface area contributed by atoms with E-state index in [1.165, 1.54) is 25.7 Å². The molecule has 0 heterocycles. The number of allylic oxidation sites excluding steroid dienone is 4. The van der Waals surface area contributed by atoms with E-state index in [0.717, 1.165) is 198 Å². The van der Waals surface area contributed by atoms with Crippen molar-refractivity contribution in [3.05, 3.63) is 121 Å². The highest BCUT2D eigenvalue weighted by Gasteiger charge is 2.28. The number of carbonyl (C=O) groups excluding carboxylic acids is 8. The van der Waals surface area contributed by atoms with Crippen LogP contribution < -0.4 is 23.7 Å². The van der Waals surface area contributed by atoms with E-state index in [4.69, 9.17) is 35.3 Å². The molecule has 4 aromatic rings. The summed E-state index contributed by atoms with van der Waals surface area (Å²) in [6.45, 7) is 14.9. The number of unbranched alkanes of at least 4 members (excludes halogenated alkanes) is 24. The highest BCUT2D eigenvalue weighted by molar-refractivity contribution is 6.63. The maximum Gasteiger partial charge on any atom is 0.343 e. The SMILES string of the molecule is C=CCCCCCCCCC(=O)Cl.C=CCCCCCCCCC(=O)Oc1cc(C(=O)Oc2cc(C(=O)OC)cc(O)c2O)cc(OC(=O)CCCCCCCCC=C)c1OC(=O)CCCCCCCCC=C.COC(=O)c1cc(O)c(O)c(OC(=O)c2cc(O)c(O)c(O)c2)c1. The molecule has 0 aliphatic heterocycles. The number of ether oxygens (including phenoxy) is 7. The summed E-state index contributed by atoms with van der Waals surface area (Å²) in [5, 5.41) is 67.8. The standard InChI is InChI=1S/C48H66O12.C15H12O9.C11H19ClO/c1-5-8-11-14-17-20-23-26-29-42(50)57-40-34-37(48(55)59-39-33-36(47(54)56-4)32-38(49)45(39)53)35-41(58-43(51)30-27-24-21-18-15-12-9-6-2)46(40)60-44(52)31-28-25-22-19-16-13-10-7-3;1-23-14(21)7-4-10(18)13(20)11(5-7)24-15(22)6-2-8(16)12(19)9(17)3-6;1-2-3-4-5-6-7-8-9-10-11(12)13/h5-7,32-35,49,53H,1-3,8-31H2,4H3;2-5,16-20H,1H3;2H,1,3-10H2. The van der Waals surface area contributed by atoms with Gasteiger partial charge in [-0.1, -0.05) is 127 Å². The van der Waals surface area contributed by atoms with Crippen molar-refractivity contribution < 1.29 is 107 Å². The van der Waals surface area contributed by atoms with Gasteiger partial charge < -0.3 is 68.9 Å². The normalized spacial score (nSPS) is 10.5. The van der Waals surface area contributed by atoms with Crippen molar-refractivity contribution in [2.45, 2.75) is 205 Å². The summed E-state index contributed by atoms with van der Waals surface area (Å²) >= 11 is 5.21. The molecule has 23 heteroatoms. The van der Waals surface area contributed by atoms with Crippen molar-refractivity contribution in [1.29, 1.82) is 0 Å². The Labute approximate surface area is 573 Å². The van der Waals surface area contributed by atoms with Crippen LogP contribution in [0.25, 0.3) is 0 Å². The van der Waals surface area contributed by atoms with E-state index >= 15 is 0 Å². The summed E-state index contributed by atoms with van der Waals surface area (Å²) in [6, 6.07) is 7.66. The molecule has 4 rings (SSSR count). The minimum atomic E-state index is -1.15. The van der Waals surface area contributed by atoms with Crippen LogP contribution in [0, 0.1) is 0 Å². The second-order valence-electron chi connectivity index (χ2n) is 22.7. The summed E-state index contributed by atoms with van der Waals surface area (Å²) in [6.07, 6.45) is 35.5. The first kappa shape index (κ1) is 83.8. The Morgan fingerprint density at radius 1 is 0.320 bits per heavy atom. The third-order valence-electron chi connectivity index (χ3n) is 14.7. The molecule has 0 fully saturated rings. The predicted octanol–water partition coefficient (Wildman–Crippen LogP) is 17.0. The Morgan fingerprint density at radius 3 is 0.866 bits per heavy atom. The molecule has 0 atom stereocenters. The molecule has 0 aliphatic carbocycles. The molecule has 0 radical (unpaired) electrons. The van der Waals surface area contributed by atoms with Crippen molar-refractivity contribution in [3.8, 4) is 69.0 Å². The third-order valence-corrected chi connectivity index (χ3v) is 14.9. The zero-order chi connectivity index (χ0) is 71.9. The van der Waals surface area contributed by atoms with Crippen molar-refractivity contribution in [2.75, 3.05) is 14.2 Å². The Kier molecular flexibility index (Phi) is 42.5. The van der Waals surface area contributed by atoms with E-state index in [-0.39, 0.29) is 64.0 Å². The van der Waals surface area contributed by atoms with Crippen LogP contribution in [0.2, 0.25) is 0 Å². The number of halogens is 1. The molecule has 0 saturated carbocycles. The van der Waals surface area contributed by atoms with E-state index in [0.29, 0.717) is 25.7 Å². The summed E-state index contributed by atoms with van der Waals surface area (Å²) in [5.41, 5.74) is -1.08. The predicted molar refractivity (Wildman–Crippen MR) is 366 cm³/mol. The lowest BCUT2D eigenvalue weighted by Gasteiger charge is -2.17. The molecular formula is C74H97ClO22. The van der Waals surface area contributed by atoms with E-state index in [1.807, 2.05) is 24.3 Å². The lowest BCUT2D eigenvalue weighted by Crippen LogP contribution is -2.17. The van der Waals surface area contributed by atoms with Gasteiger partial charge in [0.2, 0.25) is 22.5 Å². The highest BCUT2D eigenvalue weighted by Crippen LogP contribution is 2.43. The van der Waals surface area contributed by atoms with Crippen molar-refractivity contribution in [3.63, 3.8) is 0 Å². The number of methoxy groups -OCH3 is 2. The van der Waals surface area contributed by atoms with Gasteiger partial charge in [0.25, 0.3) is 0 Å². The Balaban J connectivity index is 0.000000697. The van der Waals surface area contributed by atoms with Crippen LogP contribution in [0.5, 0.6) is 69.0 Å². The maximum atomic E-state index is 13.7. The van der Waals surface area contributed by atoms with Crippen molar-refractivity contribution in [2.24, 2.45) is 0 Å². The van der Waals surface area contributed by atoms with Gasteiger partial charge >= 0.3 is 41.8 Å². The van der Waals surface area contributed by atoms with Gasteiger partial charge in [-0.05, 0) is 137 Å². The number of phenolic OH excluding ortho intramolecular Hbond substituents is 7. The summed E-state index contributed by atoms with van der Waals surface area (Å²) in [7, 11) is 2.21. The zero-order valence-corrected chi connectivity index (χ0v) is 56.8. The number of esters is 7. The fourth-order valence-corrected chi connectivity index (χ4v) is 9.50. The average molecular weight is 1370 g/mol. The molecule has 97 heavy (non-hydrogen) atoms. The van der Waals surface area contributed by atoms with Crippen LogP contribution in [-0.4, -0.2) is 97.0 Å². The van der Waals surface area contributed by atoms with E-state index in [1.54, 1.807) is 0 Å². The molecule has 0 amide bonds. The molecule has 0 unspecified atom stereocenters. The fraction of sp³-hybridized carbons (Fsp3) is 0.459. The molecule has 22 nitrogen and oxygen atoms in total. The maximum absolute atomic E-state index is 13.7. The van der Waals surface area contributed by atoms with E-state index in [2.05, 4.69) is 35.8 Å². The molecule has 4 aromatic carbocycles. The lowest BCUT2D eigenvalue weighted by molar-refractivity contribution is -0.138. The number of rotatable bonds is 45. The Hall–Kier alpha value is -9.31. The van der Waals surface area contributed by atoms with Gasteiger partial charge in [0.1, 0.15) is 0 Å². The van der Waals surface area contributed by atoms with Gasteiger partial charge in [-0.25, -0.2) is 19.2 Å². The van der Waals surface area contributed by atoms with Gasteiger partial charge in [-0.3, -0.25) is 19.2 Å². The van der Waals surface area contributed by atoms with E-state index in [9.17, 15) is 74.1 Å². The summed E-state index contributed by atoms with van der Waals surface area (Å²) in [4.78, 5) is 99.5. The topological polar surface area (TPSA) is 343 Å².